The minimum Gasteiger partial charge on any atom is -0.281 e. The molecule has 0 saturated carbocycles. The van der Waals surface area contributed by atoms with Gasteiger partial charge in [-0.2, -0.15) is 5.10 Å². The summed E-state index contributed by atoms with van der Waals surface area (Å²) in [5.74, 6) is 0. The Kier molecular flexibility index (Phi) is 2.10. The van der Waals surface area contributed by atoms with E-state index >= 15 is 0 Å². The van der Waals surface area contributed by atoms with Crippen molar-refractivity contribution in [3.63, 3.8) is 0 Å². The largest absolute Gasteiger partial charge is 0.281 e. The second kappa shape index (κ2) is 2.63. The van der Waals surface area contributed by atoms with Crippen LogP contribution in [0.3, 0.4) is 0 Å². The Morgan fingerprint density at radius 2 is 1.91 bits per heavy atom. The van der Waals surface area contributed by atoms with E-state index in [0.29, 0.717) is 0 Å². The van der Waals surface area contributed by atoms with E-state index in [1.165, 1.54) is 0 Å². The van der Waals surface area contributed by atoms with Gasteiger partial charge in [-0.15, -0.1) is 0 Å². The normalized spacial score (nSPS) is 12.1. The number of halogens is 1. The predicted octanol–water partition coefficient (Wildman–Crippen LogP) is 2.78. The van der Waals surface area contributed by atoms with Crippen molar-refractivity contribution < 1.29 is 0 Å². The molecule has 0 aliphatic heterocycles. The van der Waals surface area contributed by atoms with Gasteiger partial charge in [0.25, 0.3) is 0 Å². The van der Waals surface area contributed by atoms with Crippen LogP contribution in [-0.4, -0.2) is 10.2 Å². The maximum absolute atomic E-state index is 4.11. The lowest BCUT2D eigenvalue weighted by Gasteiger charge is -2.16. The maximum Gasteiger partial charge on any atom is 0.0736 e. The molecule has 0 aliphatic carbocycles. The topological polar surface area (TPSA) is 28.7 Å². The lowest BCUT2D eigenvalue weighted by Crippen LogP contribution is -2.12. The average Bonchev–Trinajstić information content (AvgIpc) is 2.11. The highest BCUT2D eigenvalue weighted by atomic mass is 79.9. The highest BCUT2D eigenvalue weighted by Crippen LogP contribution is 2.29. The van der Waals surface area contributed by atoms with Gasteiger partial charge in [0.15, 0.2) is 0 Å². The van der Waals surface area contributed by atoms with E-state index in [9.17, 15) is 0 Å². The van der Waals surface area contributed by atoms with E-state index in [-0.39, 0.29) is 5.41 Å². The molecule has 1 aromatic heterocycles. The first-order valence-corrected chi connectivity index (χ1v) is 4.43. The summed E-state index contributed by atoms with van der Waals surface area (Å²) in [5, 5.41) is 7.13. The number of H-pyrrole nitrogens is 1. The number of aryl methyl sites for hydroxylation is 1. The van der Waals surface area contributed by atoms with Gasteiger partial charge in [-0.25, -0.2) is 0 Å². The zero-order valence-electron chi connectivity index (χ0n) is 7.33. The third-order valence-electron chi connectivity index (χ3n) is 1.62. The zero-order valence-corrected chi connectivity index (χ0v) is 8.91. The summed E-state index contributed by atoms with van der Waals surface area (Å²) in [4.78, 5) is 0. The molecule has 0 spiro atoms. The van der Waals surface area contributed by atoms with Gasteiger partial charge >= 0.3 is 0 Å². The molecule has 1 N–H and O–H groups in total. The fourth-order valence-electron chi connectivity index (χ4n) is 0.916. The van der Waals surface area contributed by atoms with Crippen LogP contribution in [0.1, 0.15) is 32.2 Å². The highest BCUT2D eigenvalue weighted by molar-refractivity contribution is 9.10. The average molecular weight is 217 g/mol. The zero-order chi connectivity index (χ0) is 8.65. The molecule has 0 radical (unpaired) electrons. The van der Waals surface area contributed by atoms with Gasteiger partial charge in [-0.3, -0.25) is 5.10 Å². The van der Waals surface area contributed by atoms with Crippen molar-refractivity contribution in [2.24, 2.45) is 0 Å². The van der Waals surface area contributed by atoms with Gasteiger partial charge in [0.2, 0.25) is 0 Å². The molecule has 0 aromatic carbocycles. The van der Waals surface area contributed by atoms with Gasteiger partial charge in [0.05, 0.1) is 15.9 Å². The van der Waals surface area contributed by atoms with Crippen molar-refractivity contribution in [1.82, 2.24) is 10.2 Å². The Balaban J connectivity index is 3.15. The molecule has 0 amide bonds. The molecule has 0 atom stereocenters. The van der Waals surface area contributed by atoms with Crippen LogP contribution >= 0.6 is 15.9 Å². The van der Waals surface area contributed by atoms with Gasteiger partial charge in [-0.05, 0) is 22.9 Å². The van der Waals surface area contributed by atoms with E-state index in [1.54, 1.807) is 0 Å². The van der Waals surface area contributed by atoms with Crippen molar-refractivity contribution in [2.45, 2.75) is 33.1 Å². The third kappa shape index (κ3) is 1.64. The molecule has 0 aliphatic rings. The van der Waals surface area contributed by atoms with Gasteiger partial charge < -0.3 is 0 Å². The van der Waals surface area contributed by atoms with Crippen LogP contribution in [-0.2, 0) is 5.41 Å². The summed E-state index contributed by atoms with van der Waals surface area (Å²) in [6.07, 6.45) is 0. The molecule has 0 saturated heterocycles. The Hall–Kier alpha value is -0.310. The number of nitrogens with one attached hydrogen (secondary N) is 1. The first kappa shape index (κ1) is 8.78. The van der Waals surface area contributed by atoms with E-state index in [4.69, 9.17) is 0 Å². The summed E-state index contributed by atoms with van der Waals surface area (Å²) in [5.41, 5.74) is 2.32. The summed E-state index contributed by atoms with van der Waals surface area (Å²) in [6.45, 7) is 8.45. The monoisotopic (exact) mass is 216 g/mol. The molecule has 2 nitrogen and oxygen atoms in total. The van der Waals surface area contributed by atoms with Crippen molar-refractivity contribution in [1.29, 1.82) is 0 Å². The predicted molar refractivity (Wildman–Crippen MR) is 49.7 cm³/mol. The lowest BCUT2D eigenvalue weighted by atomic mass is 9.92. The van der Waals surface area contributed by atoms with Crippen molar-refractivity contribution in [3.05, 3.63) is 15.9 Å². The molecular weight excluding hydrogens is 204 g/mol. The Labute approximate surface area is 75.5 Å². The SMILES string of the molecule is Cc1n[nH]c(C(C)(C)C)c1Br. The number of aromatic amines is 1. The number of hydrogen-bond acceptors (Lipinski definition) is 1. The van der Waals surface area contributed by atoms with Crippen LogP contribution in [0, 0.1) is 6.92 Å². The van der Waals surface area contributed by atoms with Crippen molar-refractivity contribution in [3.8, 4) is 0 Å². The molecule has 11 heavy (non-hydrogen) atoms. The number of aromatic nitrogens is 2. The third-order valence-corrected chi connectivity index (χ3v) is 2.59. The van der Waals surface area contributed by atoms with E-state index in [2.05, 4.69) is 46.9 Å². The lowest BCUT2D eigenvalue weighted by molar-refractivity contribution is 0.564. The minimum atomic E-state index is 0.139. The standard InChI is InChI=1S/C8H13BrN2/c1-5-6(9)7(11-10-5)8(2,3)4/h1-4H3,(H,10,11). The van der Waals surface area contributed by atoms with Crippen LogP contribution in [0.25, 0.3) is 0 Å². The maximum atomic E-state index is 4.11. The molecule has 0 fully saturated rings. The molecule has 62 valence electrons. The summed E-state index contributed by atoms with van der Waals surface area (Å²) in [6, 6.07) is 0. The first-order chi connectivity index (χ1) is 4.93. The number of rotatable bonds is 0. The van der Waals surface area contributed by atoms with Crippen LogP contribution in [0.2, 0.25) is 0 Å². The molecule has 0 unspecified atom stereocenters. The van der Waals surface area contributed by atoms with Crippen molar-refractivity contribution >= 4 is 15.9 Å². The molecule has 3 heteroatoms. The fraction of sp³-hybridized carbons (Fsp3) is 0.625. The Bertz CT molecular complexity index is 258. The second-order valence-electron chi connectivity index (χ2n) is 3.75. The molecular formula is C8H13BrN2. The molecule has 1 aromatic rings. The van der Waals surface area contributed by atoms with Crippen molar-refractivity contribution in [2.75, 3.05) is 0 Å². The van der Waals surface area contributed by atoms with Crippen LogP contribution in [0.4, 0.5) is 0 Å². The highest BCUT2D eigenvalue weighted by Gasteiger charge is 2.20. The summed E-state index contributed by atoms with van der Waals surface area (Å²) >= 11 is 3.49. The van der Waals surface area contributed by atoms with Crippen LogP contribution in [0.15, 0.2) is 4.47 Å². The summed E-state index contributed by atoms with van der Waals surface area (Å²) in [7, 11) is 0. The molecule has 1 rings (SSSR count). The molecule has 1 heterocycles. The number of hydrogen-bond donors (Lipinski definition) is 1. The second-order valence-corrected chi connectivity index (χ2v) is 4.54. The van der Waals surface area contributed by atoms with Crippen LogP contribution in [0.5, 0.6) is 0 Å². The van der Waals surface area contributed by atoms with Gasteiger partial charge in [0, 0.05) is 5.41 Å². The Morgan fingerprint density at radius 1 is 1.36 bits per heavy atom. The van der Waals surface area contributed by atoms with E-state index in [0.717, 1.165) is 15.9 Å². The summed E-state index contributed by atoms with van der Waals surface area (Å²) < 4.78 is 1.10. The van der Waals surface area contributed by atoms with E-state index < -0.39 is 0 Å². The van der Waals surface area contributed by atoms with E-state index in [1.807, 2.05) is 6.92 Å². The Morgan fingerprint density at radius 3 is 2.09 bits per heavy atom. The van der Waals surface area contributed by atoms with Gasteiger partial charge in [0.1, 0.15) is 0 Å². The first-order valence-electron chi connectivity index (χ1n) is 3.64. The quantitative estimate of drug-likeness (QED) is 0.711. The number of nitrogens with zero attached hydrogens (tertiary/aromatic N) is 1. The van der Waals surface area contributed by atoms with Gasteiger partial charge in [-0.1, -0.05) is 20.8 Å². The minimum absolute atomic E-state index is 0.139. The fourth-order valence-corrected chi connectivity index (χ4v) is 1.69. The smallest absolute Gasteiger partial charge is 0.0736 e. The molecule has 0 bridgehead atoms. The van der Waals surface area contributed by atoms with Crippen LogP contribution < -0.4 is 0 Å².